The minimum atomic E-state index is -1.67. The summed E-state index contributed by atoms with van der Waals surface area (Å²) in [4.78, 5) is 76.7. The van der Waals surface area contributed by atoms with E-state index in [9.17, 15) is 24.0 Å². The number of methoxy groups -OCH3 is 1. The molecule has 0 unspecified atom stereocenters. The van der Waals surface area contributed by atoms with Gasteiger partial charge in [0.05, 0.1) is 37.0 Å². The van der Waals surface area contributed by atoms with Gasteiger partial charge in [-0.25, -0.2) is 28.2 Å². The number of rotatable bonds is 23. The summed E-state index contributed by atoms with van der Waals surface area (Å²) in [6.07, 6.45) is 15.7. The number of carbonyl (C=O) groups excluding carboxylic acids is 4. The van der Waals surface area contributed by atoms with Crippen LogP contribution in [-0.4, -0.2) is 98.2 Å². The van der Waals surface area contributed by atoms with Gasteiger partial charge in [0.2, 0.25) is 9.23 Å². The third-order valence-electron chi connectivity index (χ3n) is 9.15. The molecule has 0 heterocycles. The number of halogens is 3. The Morgan fingerprint density at radius 3 is 1.13 bits per heavy atom. The van der Waals surface area contributed by atoms with Gasteiger partial charge in [0.15, 0.2) is 0 Å². The molecule has 21 nitrogen and oxygen atoms in total. The van der Waals surface area contributed by atoms with Crippen LogP contribution in [0.1, 0.15) is 124 Å². The van der Waals surface area contributed by atoms with Gasteiger partial charge in [-0.15, -0.1) is 0 Å². The number of alkyl halides is 1. The summed E-state index contributed by atoms with van der Waals surface area (Å²) in [6, 6.07) is 32.1. The molecule has 0 saturated heterocycles. The SMILES string of the molecule is CCCCCBr.CCCCCOc1ccc(C(=O)O)cc1.CCCCCOc1ccc(C(=O)Oc2ccc(C=CC(=O)O)cc2)cc1.COC(=O)c1ccc(O)cc1.O=C(O)C=Cc1ccc(O)cc1.O=CO[O-].O=CO[O-].O=S(Cl)Cl.[H-].[H-].[K+].[K+].[K+].[K+]. The van der Waals surface area contributed by atoms with Gasteiger partial charge in [0, 0.05) is 38.8 Å². The summed E-state index contributed by atoms with van der Waals surface area (Å²) < 4.78 is 29.9. The van der Waals surface area contributed by atoms with E-state index in [0.717, 1.165) is 61.3 Å². The van der Waals surface area contributed by atoms with E-state index in [1.807, 2.05) is 0 Å². The maximum Gasteiger partial charge on any atom is 1.00 e. The van der Waals surface area contributed by atoms with Crippen molar-refractivity contribution in [2.75, 3.05) is 25.7 Å². The van der Waals surface area contributed by atoms with Crippen molar-refractivity contribution in [1.29, 1.82) is 0 Å². The van der Waals surface area contributed by atoms with Crippen LogP contribution in [0.4, 0.5) is 0 Å². The summed E-state index contributed by atoms with van der Waals surface area (Å²) in [7, 11) is 8.67. The largest absolute Gasteiger partial charge is 1.00 e. The number of hydrogen-bond acceptors (Lipinski definition) is 18. The molecule has 0 aliphatic carbocycles. The van der Waals surface area contributed by atoms with E-state index >= 15 is 0 Å². The van der Waals surface area contributed by atoms with Crippen molar-refractivity contribution in [1.82, 2.24) is 0 Å². The Balaban J connectivity index is -0.000000125. The van der Waals surface area contributed by atoms with Crippen molar-refractivity contribution in [2.24, 2.45) is 0 Å². The van der Waals surface area contributed by atoms with Crippen LogP contribution >= 0.6 is 37.3 Å². The molecule has 0 amide bonds. The number of unbranched alkanes of at least 4 members (excludes halogenated alkanes) is 6. The monoisotopic (exact) mass is 1430 g/mol. The summed E-state index contributed by atoms with van der Waals surface area (Å²) in [5.41, 5.74) is 2.61. The molecule has 5 rings (SSSR count). The van der Waals surface area contributed by atoms with Gasteiger partial charge >= 0.3 is 235 Å². The van der Waals surface area contributed by atoms with Gasteiger partial charge in [-0.05, 0) is 140 Å². The average molecular weight is 1430 g/mol. The van der Waals surface area contributed by atoms with E-state index in [1.54, 1.807) is 84.9 Å². The van der Waals surface area contributed by atoms with Crippen LogP contribution in [0.25, 0.3) is 12.2 Å². The maximum absolute atomic E-state index is 12.2. The number of hydrogen-bond donors (Lipinski definition) is 5. The number of phenolic OH excluding ortho intramolecular Hbond substituents is 2. The predicted molar refractivity (Wildman–Crippen MR) is 312 cm³/mol. The summed E-state index contributed by atoms with van der Waals surface area (Å²) in [5, 5.41) is 61.4. The number of benzene rings is 5. The van der Waals surface area contributed by atoms with E-state index in [-0.39, 0.29) is 238 Å². The quantitative estimate of drug-likeness (QED) is 0.00496. The van der Waals surface area contributed by atoms with Crippen molar-refractivity contribution in [3.05, 3.63) is 161 Å². The van der Waals surface area contributed by atoms with E-state index in [2.05, 4.69) is 72.6 Å². The molecule has 86 heavy (non-hydrogen) atoms. The Hall–Kier alpha value is -1.25. The van der Waals surface area contributed by atoms with Crippen LogP contribution in [0, 0.1) is 0 Å². The fourth-order valence-electron chi connectivity index (χ4n) is 5.26. The van der Waals surface area contributed by atoms with Crippen molar-refractivity contribution in [3.63, 3.8) is 0 Å². The fourth-order valence-corrected chi connectivity index (χ4v) is 5.65. The number of carbonyl (C=O) groups is 7. The molecule has 0 spiro atoms. The van der Waals surface area contributed by atoms with Crippen LogP contribution in [0.2, 0.25) is 0 Å². The van der Waals surface area contributed by atoms with E-state index < -0.39 is 39.1 Å². The zero-order valence-corrected chi connectivity index (χ0v) is 65.7. The predicted octanol–water partition coefficient (Wildman–Crippen LogP) is -1.08. The van der Waals surface area contributed by atoms with Gasteiger partial charge in [-0.3, -0.25) is 9.59 Å². The molecule has 29 heteroatoms. The van der Waals surface area contributed by atoms with Crippen LogP contribution in [0.3, 0.4) is 0 Å². The Kier molecular flexibility index (Phi) is 79.6. The number of aromatic hydroxyl groups is 2. The molecule has 0 aliphatic heterocycles. The summed E-state index contributed by atoms with van der Waals surface area (Å²) in [5.74, 6) is -1.61. The molecule has 454 valence electrons. The molecule has 5 aromatic carbocycles. The van der Waals surface area contributed by atoms with E-state index in [4.69, 9.17) is 64.1 Å². The Bertz CT molecular complexity index is 2590. The molecular formula is C57H69BrCl2K4O21S. The Labute approximate surface area is 694 Å². The van der Waals surface area contributed by atoms with Crippen molar-refractivity contribution >= 4 is 101 Å². The molecule has 0 radical (unpaired) electrons. The number of esters is 2. The number of phenols is 2. The molecule has 0 saturated carbocycles. The smallest absolute Gasteiger partial charge is 1.00 e. The van der Waals surface area contributed by atoms with Crippen LogP contribution in [-0.2, 0) is 42.9 Å². The van der Waals surface area contributed by atoms with Gasteiger partial charge in [-0.2, -0.15) is 0 Å². The first-order chi connectivity index (χ1) is 39.2. The first-order valence-corrected chi connectivity index (χ1v) is 28.4. The normalized spacial score (nSPS) is 9.09. The van der Waals surface area contributed by atoms with Crippen LogP contribution < -0.4 is 230 Å². The number of carboxylic acids is 3. The first kappa shape index (κ1) is 98.3. The standard InChI is InChI=1S/C21H22O5.C12H16O3.C9H8O3.C8H8O3.C5H11Br.2CH2O3.Cl2OS.4K.2H/c1-2-3-4-15-25-18-12-8-17(9-13-18)21(24)26-19-10-5-16(6-11-19)7-14-20(22)23;1-2-3-4-9-15-11-7-5-10(6-8-11)12(13)14;10-8-4-1-7(2-5-8)3-6-9(11)12;1-11-8(10)6-2-4-7(9)5-3-6;1-2-3-4-5-6;2*2-1-4-3;1-4(2)3;;;;;;/h5-14H,2-4,15H2,1H3,(H,22,23);5-8H,2-4,9H2,1H3,(H,13,14);1-6,10H,(H,11,12);2-5,9H,1H3;2-5H2,1H3;2*1,3H;;;;;;;/q;;;;;;;;4*+1;2*-1/p-2. The second-order valence-corrected chi connectivity index (χ2v) is 18.7. The van der Waals surface area contributed by atoms with Gasteiger partial charge in [0.1, 0.15) is 28.7 Å². The molecule has 5 aromatic rings. The van der Waals surface area contributed by atoms with Crippen molar-refractivity contribution in [3.8, 4) is 28.7 Å². The summed E-state index contributed by atoms with van der Waals surface area (Å²) >= 11 is 3.35. The van der Waals surface area contributed by atoms with E-state index in [0.29, 0.717) is 35.7 Å². The number of aliphatic carboxylic acids is 2. The van der Waals surface area contributed by atoms with Gasteiger partial charge in [-0.1, -0.05) is 99.5 Å². The number of ether oxygens (including phenoxy) is 4. The van der Waals surface area contributed by atoms with Crippen molar-refractivity contribution < 1.29 is 311 Å². The minimum absolute atomic E-state index is 0. The molecule has 5 N–H and O–H groups in total. The Morgan fingerprint density at radius 1 is 0.523 bits per heavy atom. The molecule has 0 aromatic heterocycles. The number of carboxylic acid groups (broad SMARTS) is 3. The number of aromatic carboxylic acids is 1. The molecule has 0 bridgehead atoms. The van der Waals surface area contributed by atoms with Gasteiger partial charge in [0.25, 0.3) is 12.9 Å². The van der Waals surface area contributed by atoms with Crippen LogP contribution in [0.5, 0.6) is 28.7 Å². The average Bonchev–Trinajstić information content (AvgIpc) is 3.63. The van der Waals surface area contributed by atoms with Gasteiger partial charge < -0.3 is 67.6 Å². The topological polar surface area (TPSA) is 339 Å². The zero-order valence-electron chi connectivity index (χ0n) is 51.3. The second-order valence-electron chi connectivity index (χ2n) is 15.4. The van der Waals surface area contributed by atoms with Crippen LogP contribution in [0.15, 0.2) is 133 Å². The third-order valence-corrected chi connectivity index (χ3v) is 9.71. The third kappa shape index (κ3) is 62.9. The maximum atomic E-state index is 12.2. The molecular weight excluding hydrogens is 1360 g/mol. The second kappa shape index (κ2) is 69.6. The minimum Gasteiger partial charge on any atom is -1.00 e. The summed E-state index contributed by atoms with van der Waals surface area (Å²) in [6.45, 7) is 7.49. The first-order valence-electron chi connectivity index (χ1n) is 24.5. The fraction of sp³-hybridized carbons (Fsp3) is 0.281. The Morgan fingerprint density at radius 2 is 0.826 bits per heavy atom. The molecule has 0 atom stereocenters. The molecule has 0 fully saturated rings. The van der Waals surface area contributed by atoms with E-state index in [1.165, 1.54) is 86.7 Å². The zero-order chi connectivity index (χ0) is 62.4. The van der Waals surface area contributed by atoms with Crippen molar-refractivity contribution in [2.45, 2.75) is 78.6 Å². The molecule has 0 aliphatic rings.